The summed E-state index contributed by atoms with van der Waals surface area (Å²) in [6, 6.07) is 0.363. The summed E-state index contributed by atoms with van der Waals surface area (Å²) in [5, 5.41) is 9.43. The Kier molecular flexibility index (Phi) is 11.9. The van der Waals surface area contributed by atoms with Crippen LogP contribution in [-0.4, -0.2) is 55.5 Å². The van der Waals surface area contributed by atoms with Crippen LogP contribution in [0.25, 0.3) is 0 Å². The van der Waals surface area contributed by atoms with Crippen LogP contribution in [-0.2, 0) is 16.1 Å². The van der Waals surface area contributed by atoms with E-state index in [4.69, 9.17) is 4.74 Å². The predicted molar refractivity (Wildman–Crippen MR) is 125 cm³/mol. The van der Waals surface area contributed by atoms with E-state index in [9.17, 15) is 4.79 Å². The van der Waals surface area contributed by atoms with Crippen LogP contribution in [0, 0.1) is 0 Å². The summed E-state index contributed by atoms with van der Waals surface area (Å²) in [6.07, 6.45) is 6.43. The molecule has 0 aromatic carbocycles. The number of hydrogen-bond donors (Lipinski definition) is 2. The van der Waals surface area contributed by atoms with Crippen molar-refractivity contribution in [2.45, 2.75) is 64.1 Å². The van der Waals surface area contributed by atoms with E-state index in [0.717, 1.165) is 29.5 Å². The quantitative estimate of drug-likeness (QED) is 0.311. The first kappa shape index (κ1) is 25.1. The van der Waals surface area contributed by atoms with Crippen molar-refractivity contribution in [3.63, 3.8) is 0 Å². The molecule has 1 saturated carbocycles. The lowest BCUT2D eigenvalue weighted by atomic mass is 9.95. The Morgan fingerprint density at radius 2 is 2.14 bits per heavy atom. The van der Waals surface area contributed by atoms with E-state index in [-0.39, 0.29) is 36.0 Å². The summed E-state index contributed by atoms with van der Waals surface area (Å²) in [5.74, 6) is 0.875. The number of thiazole rings is 1. The molecule has 2 rings (SSSR count). The predicted octanol–water partition coefficient (Wildman–Crippen LogP) is 3.31. The minimum Gasteiger partial charge on any atom is -0.375 e. The molecular formula is C19H34IN5O2S. The minimum atomic E-state index is 0. The molecule has 1 atom stereocenters. The number of methoxy groups -OCH3 is 1. The number of guanidine groups is 1. The van der Waals surface area contributed by atoms with Crippen molar-refractivity contribution in [1.82, 2.24) is 20.5 Å². The number of carbonyl (C=O) groups excluding carboxylic acids is 1. The van der Waals surface area contributed by atoms with E-state index in [0.29, 0.717) is 25.6 Å². The maximum Gasteiger partial charge on any atom is 0.221 e. The van der Waals surface area contributed by atoms with E-state index in [1.165, 1.54) is 19.3 Å². The fourth-order valence-electron chi connectivity index (χ4n) is 3.22. The standard InChI is InChI=1S/C19H33N5O2S.HI/c1-14(26-4)18-23-16(13-27-18)12-24(3)19(20-2)21-11-10-17(25)22-15-8-6-5-7-9-15;/h13-15H,5-12H2,1-4H3,(H,20,21)(H,22,25);1H. The number of hydrogen-bond acceptors (Lipinski definition) is 5. The molecule has 160 valence electrons. The van der Waals surface area contributed by atoms with Crippen LogP contribution < -0.4 is 10.6 Å². The molecule has 1 aliphatic rings. The number of halogens is 1. The highest BCUT2D eigenvalue weighted by atomic mass is 127. The van der Waals surface area contributed by atoms with Gasteiger partial charge >= 0.3 is 0 Å². The largest absolute Gasteiger partial charge is 0.375 e. The number of rotatable bonds is 8. The summed E-state index contributed by atoms with van der Waals surface area (Å²) in [4.78, 5) is 23.0. The molecule has 1 unspecified atom stereocenters. The zero-order chi connectivity index (χ0) is 19.6. The Balaban J connectivity index is 0.00000392. The first-order chi connectivity index (χ1) is 13.0. The van der Waals surface area contributed by atoms with Crippen molar-refractivity contribution in [1.29, 1.82) is 0 Å². The third-order valence-electron chi connectivity index (χ3n) is 4.85. The van der Waals surface area contributed by atoms with Gasteiger partial charge in [-0.05, 0) is 19.8 Å². The van der Waals surface area contributed by atoms with Crippen LogP contribution in [0.1, 0.15) is 62.3 Å². The highest BCUT2D eigenvalue weighted by Crippen LogP contribution is 2.21. The second-order valence-corrected chi connectivity index (χ2v) is 7.93. The number of amides is 1. The lowest BCUT2D eigenvalue weighted by Gasteiger charge is -2.23. The van der Waals surface area contributed by atoms with Crippen LogP contribution >= 0.6 is 35.3 Å². The Morgan fingerprint density at radius 1 is 1.43 bits per heavy atom. The van der Waals surface area contributed by atoms with Gasteiger partial charge in [-0.3, -0.25) is 9.79 Å². The number of aromatic nitrogens is 1. The highest BCUT2D eigenvalue weighted by Gasteiger charge is 2.16. The van der Waals surface area contributed by atoms with Gasteiger partial charge in [0.25, 0.3) is 0 Å². The Hall–Kier alpha value is -0.940. The zero-order valence-electron chi connectivity index (χ0n) is 17.4. The van der Waals surface area contributed by atoms with Gasteiger partial charge in [0.05, 0.1) is 12.2 Å². The summed E-state index contributed by atoms with van der Waals surface area (Å²) in [5.41, 5.74) is 0.986. The van der Waals surface area contributed by atoms with Crippen LogP contribution in [0.3, 0.4) is 0 Å². The molecule has 0 saturated heterocycles. The van der Waals surface area contributed by atoms with Crippen molar-refractivity contribution in [3.8, 4) is 0 Å². The topological polar surface area (TPSA) is 78.9 Å². The van der Waals surface area contributed by atoms with Crippen molar-refractivity contribution in [2.75, 3.05) is 27.7 Å². The molecule has 1 aromatic rings. The van der Waals surface area contributed by atoms with Crippen molar-refractivity contribution in [2.24, 2.45) is 4.99 Å². The van der Waals surface area contributed by atoms with Crippen LogP contribution in [0.15, 0.2) is 10.4 Å². The molecule has 1 heterocycles. The normalized spacial score (nSPS) is 16.2. The summed E-state index contributed by atoms with van der Waals surface area (Å²) in [6.45, 7) is 3.21. The second-order valence-electron chi connectivity index (χ2n) is 7.04. The molecule has 0 bridgehead atoms. The fraction of sp³-hybridized carbons (Fsp3) is 0.737. The van der Waals surface area contributed by atoms with E-state index < -0.39 is 0 Å². The van der Waals surface area contributed by atoms with Crippen molar-refractivity contribution < 1.29 is 9.53 Å². The average molecular weight is 523 g/mol. The van der Waals surface area contributed by atoms with Crippen LogP contribution in [0.5, 0.6) is 0 Å². The molecule has 1 aliphatic carbocycles. The van der Waals surface area contributed by atoms with Gasteiger partial charge in [0.1, 0.15) is 11.1 Å². The fourth-order valence-corrected chi connectivity index (χ4v) is 4.06. The van der Waals surface area contributed by atoms with E-state index >= 15 is 0 Å². The smallest absolute Gasteiger partial charge is 0.221 e. The summed E-state index contributed by atoms with van der Waals surface area (Å²) < 4.78 is 5.31. The molecule has 1 amide bonds. The monoisotopic (exact) mass is 523 g/mol. The number of carbonyl (C=O) groups is 1. The van der Waals surface area contributed by atoms with Gasteiger partial charge in [-0.2, -0.15) is 0 Å². The summed E-state index contributed by atoms with van der Waals surface area (Å²) in [7, 11) is 5.41. The lowest BCUT2D eigenvalue weighted by Crippen LogP contribution is -2.41. The molecule has 1 aromatic heterocycles. The Labute approximate surface area is 189 Å². The molecule has 9 heteroatoms. The Morgan fingerprint density at radius 3 is 2.79 bits per heavy atom. The van der Waals surface area contributed by atoms with Gasteiger partial charge in [0.2, 0.25) is 5.91 Å². The maximum atomic E-state index is 12.1. The van der Waals surface area contributed by atoms with E-state index in [1.54, 1.807) is 25.5 Å². The Bertz CT molecular complexity index is 619. The molecule has 1 fully saturated rings. The maximum absolute atomic E-state index is 12.1. The first-order valence-electron chi connectivity index (χ1n) is 9.71. The average Bonchev–Trinajstić information content (AvgIpc) is 3.13. The first-order valence-corrected chi connectivity index (χ1v) is 10.6. The van der Waals surface area contributed by atoms with E-state index in [1.807, 2.05) is 24.3 Å². The van der Waals surface area contributed by atoms with Gasteiger partial charge in [-0.1, -0.05) is 19.3 Å². The molecule has 0 spiro atoms. The molecule has 7 nitrogen and oxygen atoms in total. The molecule has 0 radical (unpaired) electrons. The third-order valence-corrected chi connectivity index (χ3v) is 5.90. The minimum absolute atomic E-state index is 0. The van der Waals surface area contributed by atoms with Gasteiger partial charge in [0.15, 0.2) is 5.96 Å². The van der Waals surface area contributed by atoms with Crippen LogP contribution in [0.4, 0.5) is 0 Å². The second kappa shape index (κ2) is 13.3. The zero-order valence-corrected chi connectivity index (χ0v) is 20.5. The van der Waals surface area contributed by atoms with Crippen molar-refractivity contribution in [3.05, 3.63) is 16.1 Å². The van der Waals surface area contributed by atoms with Gasteiger partial charge in [0, 0.05) is 45.6 Å². The number of nitrogens with one attached hydrogen (secondary N) is 2. The van der Waals surface area contributed by atoms with Crippen molar-refractivity contribution >= 4 is 47.2 Å². The van der Waals surface area contributed by atoms with E-state index in [2.05, 4.69) is 20.6 Å². The number of ether oxygens (including phenoxy) is 1. The molecular weight excluding hydrogens is 489 g/mol. The van der Waals surface area contributed by atoms with Gasteiger partial charge in [-0.25, -0.2) is 4.98 Å². The SMILES string of the molecule is CN=C(NCCC(=O)NC1CCCCC1)N(C)Cc1csc(C(C)OC)n1.I. The molecule has 2 N–H and O–H groups in total. The van der Waals surface area contributed by atoms with Gasteiger partial charge < -0.3 is 20.3 Å². The third kappa shape index (κ3) is 8.20. The van der Waals surface area contributed by atoms with Gasteiger partial charge in [-0.15, -0.1) is 35.3 Å². The number of aliphatic imine (C=N–C) groups is 1. The highest BCUT2D eigenvalue weighted by molar-refractivity contribution is 14.0. The summed E-state index contributed by atoms with van der Waals surface area (Å²) >= 11 is 1.61. The van der Waals surface area contributed by atoms with Crippen LogP contribution in [0.2, 0.25) is 0 Å². The molecule has 0 aliphatic heterocycles. The molecule has 28 heavy (non-hydrogen) atoms. The lowest BCUT2D eigenvalue weighted by molar-refractivity contribution is -0.121. The number of nitrogens with zero attached hydrogens (tertiary/aromatic N) is 3.